The van der Waals surface area contributed by atoms with Crippen molar-refractivity contribution in [2.24, 2.45) is 0 Å². The van der Waals surface area contributed by atoms with Crippen molar-refractivity contribution in [3.05, 3.63) is 33.9 Å². The van der Waals surface area contributed by atoms with Gasteiger partial charge < -0.3 is 10.1 Å². The molecule has 0 radical (unpaired) electrons. The van der Waals surface area contributed by atoms with E-state index in [1.54, 1.807) is 6.07 Å². The first-order valence-electron chi connectivity index (χ1n) is 10.3. The largest absolute Gasteiger partial charge is 0.379 e. The first kappa shape index (κ1) is 20.6. The van der Waals surface area contributed by atoms with Crippen LogP contribution in [0.5, 0.6) is 0 Å². The number of nitrogens with zero attached hydrogens (tertiary/aromatic N) is 3. The molecule has 1 aromatic rings. The highest BCUT2D eigenvalue weighted by molar-refractivity contribution is 5.64. The predicted octanol–water partition coefficient (Wildman–Crippen LogP) is 4.08. The lowest BCUT2D eigenvalue weighted by Crippen LogP contribution is -2.53. The molecule has 0 atom stereocenters. The van der Waals surface area contributed by atoms with Crippen LogP contribution in [0.15, 0.2) is 18.2 Å². The molecule has 1 heterocycles. The van der Waals surface area contributed by atoms with E-state index in [9.17, 15) is 10.1 Å². The lowest BCUT2D eigenvalue weighted by atomic mass is 9.79. The molecule has 0 amide bonds. The van der Waals surface area contributed by atoms with Crippen molar-refractivity contribution in [1.29, 1.82) is 5.26 Å². The van der Waals surface area contributed by atoms with E-state index < -0.39 is 4.92 Å². The number of rotatable bonds is 6. The van der Waals surface area contributed by atoms with E-state index in [-0.39, 0.29) is 17.3 Å². The molecule has 152 valence electrons. The first-order chi connectivity index (χ1) is 13.4. The molecule has 1 N–H and O–H groups in total. The van der Waals surface area contributed by atoms with Gasteiger partial charge in [-0.25, -0.2) is 0 Å². The van der Waals surface area contributed by atoms with Crippen molar-refractivity contribution in [3.63, 3.8) is 0 Å². The van der Waals surface area contributed by atoms with Gasteiger partial charge in [0.25, 0.3) is 5.69 Å². The summed E-state index contributed by atoms with van der Waals surface area (Å²) < 4.78 is 5.79. The molecule has 1 aliphatic carbocycles. The summed E-state index contributed by atoms with van der Waals surface area (Å²) in [7, 11) is 0. The van der Waals surface area contributed by atoms with E-state index in [0.29, 0.717) is 17.4 Å². The highest BCUT2D eigenvalue weighted by atomic mass is 16.6. The lowest BCUT2D eigenvalue weighted by molar-refractivity contribution is -0.384. The highest BCUT2D eigenvalue weighted by Gasteiger charge is 2.38. The molecule has 0 unspecified atom stereocenters. The van der Waals surface area contributed by atoms with E-state index in [0.717, 1.165) is 58.2 Å². The molecule has 1 saturated heterocycles. The molecular formula is C21H30N4O3. The van der Waals surface area contributed by atoms with E-state index in [4.69, 9.17) is 10.00 Å². The third-order valence-corrected chi connectivity index (χ3v) is 6.35. The van der Waals surface area contributed by atoms with Crippen molar-refractivity contribution >= 4 is 11.4 Å². The van der Waals surface area contributed by atoms with Crippen LogP contribution in [-0.4, -0.2) is 47.2 Å². The van der Waals surface area contributed by atoms with Crippen LogP contribution in [0.3, 0.4) is 0 Å². The zero-order chi connectivity index (χ0) is 20.1. The Morgan fingerprint density at radius 1 is 1.32 bits per heavy atom. The molecular weight excluding hydrogens is 356 g/mol. The average Bonchev–Trinajstić information content (AvgIpc) is 2.70. The summed E-state index contributed by atoms with van der Waals surface area (Å²) >= 11 is 0. The van der Waals surface area contributed by atoms with Crippen molar-refractivity contribution in [2.75, 3.05) is 25.0 Å². The van der Waals surface area contributed by atoms with Gasteiger partial charge in [-0.2, -0.15) is 5.26 Å². The SMILES string of the molecule is CCOC1CCC(C)(N2CCC(Nc3cc(C#N)ccc3[N+](=O)[O-])CC2)CC1. The maximum absolute atomic E-state index is 11.3. The Morgan fingerprint density at radius 2 is 2.00 bits per heavy atom. The highest BCUT2D eigenvalue weighted by Crippen LogP contribution is 2.37. The van der Waals surface area contributed by atoms with E-state index >= 15 is 0 Å². The lowest BCUT2D eigenvalue weighted by Gasteiger charge is -2.48. The fourth-order valence-corrected chi connectivity index (χ4v) is 4.60. The number of hydrogen-bond donors (Lipinski definition) is 1. The summed E-state index contributed by atoms with van der Waals surface area (Å²) in [5.41, 5.74) is 1.14. The van der Waals surface area contributed by atoms with Gasteiger partial charge in [0.15, 0.2) is 0 Å². The van der Waals surface area contributed by atoms with Crippen LogP contribution in [0.4, 0.5) is 11.4 Å². The number of nitro benzene ring substituents is 1. The minimum absolute atomic E-state index is 0.0302. The summed E-state index contributed by atoms with van der Waals surface area (Å²) in [5, 5.41) is 23.7. The van der Waals surface area contributed by atoms with Gasteiger partial charge in [0, 0.05) is 37.3 Å². The first-order valence-corrected chi connectivity index (χ1v) is 10.3. The molecule has 1 aromatic carbocycles. The monoisotopic (exact) mass is 386 g/mol. The average molecular weight is 386 g/mol. The number of anilines is 1. The molecule has 0 spiro atoms. The van der Waals surface area contributed by atoms with Crippen LogP contribution in [0, 0.1) is 21.4 Å². The predicted molar refractivity (Wildman–Crippen MR) is 108 cm³/mol. The minimum atomic E-state index is -0.392. The van der Waals surface area contributed by atoms with Gasteiger partial charge in [-0.1, -0.05) is 0 Å². The maximum atomic E-state index is 11.3. The molecule has 2 fully saturated rings. The standard InChI is InChI=1S/C21H30N4O3/c1-3-28-18-6-10-21(2,11-7-18)24-12-8-17(9-13-24)23-19-14-16(15-22)4-5-20(19)25(26)27/h4-5,14,17-18,23H,3,6-13H2,1-2H3. The fourth-order valence-electron chi connectivity index (χ4n) is 4.60. The van der Waals surface area contributed by atoms with Gasteiger partial charge in [-0.05, 0) is 64.5 Å². The molecule has 1 saturated carbocycles. The van der Waals surface area contributed by atoms with E-state index in [1.807, 2.05) is 0 Å². The van der Waals surface area contributed by atoms with Crippen molar-refractivity contribution in [2.45, 2.75) is 70.1 Å². The summed E-state index contributed by atoms with van der Waals surface area (Å²) in [6.45, 7) is 7.18. The van der Waals surface area contributed by atoms with Crippen molar-refractivity contribution in [3.8, 4) is 6.07 Å². The Bertz CT molecular complexity index is 730. The third kappa shape index (κ3) is 4.62. The van der Waals surface area contributed by atoms with Crippen LogP contribution in [0.2, 0.25) is 0 Å². The Morgan fingerprint density at radius 3 is 2.57 bits per heavy atom. The second-order valence-corrected chi connectivity index (χ2v) is 8.16. The summed E-state index contributed by atoms with van der Waals surface area (Å²) in [6.07, 6.45) is 6.85. The Balaban J connectivity index is 1.58. The number of nitrogens with one attached hydrogen (secondary N) is 1. The number of ether oxygens (including phenoxy) is 1. The minimum Gasteiger partial charge on any atom is -0.379 e. The van der Waals surface area contributed by atoms with Crippen LogP contribution >= 0.6 is 0 Å². The van der Waals surface area contributed by atoms with Crippen LogP contribution < -0.4 is 5.32 Å². The normalized spacial score (nSPS) is 26.5. The number of hydrogen-bond acceptors (Lipinski definition) is 6. The molecule has 1 aliphatic heterocycles. The van der Waals surface area contributed by atoms with Crippen LogP contribution in [0.1, 0.15) is 57.9 Å². The van der Waals surface area contributed by atoms with Gasteiger partial charge in [0.2, 0.25) is 0 Å². The summed E-state index contributed by atoms with van der Waals surface area (Å²) in [4.78, 5) is 13.5. The number of benzene rings is 1. The van der Waals surface area contributed by atoms with E-state index in [2.05, 4.69) is 30.1 Å². The maximum Gasteiger partial charge on any atom is 0.292 e. The second kappa shape index (κ2) is 8.89. The number of likely N-dealkylation sites (tertiary alicyclic amines) is 1. The van der Waals surface area contributed by atoms with Crippen LogP contribution in [0.25, 0.3) is 0 Å². The van der Waals surface area contributed by atoms with Crippen LogP contribution in [-0.2, 0) is 4.74 Å². The zero-order valence-electron chi connectivity index (χ0n) is 16.8. The Kier molecular flexibility index (Phi) is 6.53. The van der Waals surface area contributed by atoms with Gasteiger partial charge in [-0.3, -0.25) is 15.0 Å². The Hall–Kier alpha value is -2.17. The third-order valence-electron chi connectivity index (χ3n) is 6.35. The summed E-state index contributed by atoms with van der Waals surface area (Å²) in [6, 6.07) is 6.73. The topological polar surface area (TPSA) is 91.4 Å². The number of piperidine rings is 1. The fraction of sp³-hybridized carbons (Fsp3) is 0.667. The quantitative estimate of drug-likeness (QED) is 0.585. The molecule has 0 bridgehead atoms. The summed E-state index contributed by atoms with van der Waals surface area (Å²) in [5.74, 6) is 0. The van der Waals surface area contributed by atoms with Crippen molar-refractivity contribution in [1.82, 2.24) is 4.90 Å². The molecule has 0 aromatic heterocycles. The molecule has 3 rings (SSSR count). The molecule has 28 heavy (non-hydrogen) atoms. The second-order valence-electron chi connectivity index (χ2n) is 8.16. The zero-order valence-corrected chi connectivity index (χ0v) is 16.8. The number of nitro groups is 1. The van der Waals surface area contributed by atoms with Gasteiger partial charge in [-0.15, -0.1) is 0 Å². The van der Waals surface area contributed by atoms with Gasteiger partial charge in [0.1, 0.15) is 5.69 Å². The molecule has 7 nitrogen and oxygen atoms in total. The Labute approximate surface area is 166 Å². The van der Waals surface area contributed by atoms with E-state index in [1.165, 1.54) is 12.1 Å². The van der Waals surface area contributed by atoms with Crippen molar-refractivity contribution < 1.29 is 9.66 Å². The number of nitriles is 1. The molecule has 7 heteroatoms. The molecule has 2 aliphatic rings. The smallest absolute Gasteiger partial charge is 0.292 e. The van der Waals surface area contributed by atoms with Gasteiger partial charge >= 0.3 is 0 Å². The van der Waals surface area contributed by atoms with Gasteiger partial charge in [0.05, 0.1) is 22.7 Å².